The van der Waals surface area contributed by atoms with Crippen LogP contribution in [0.3, 0.4) is 0 Å². The lowest BCUT2D eigenvalue weighted by Gasteiger charge is -2.30. The molecule has 4 rings (SSSR count). The summed E-state index contributed by atoms with van der Waals surface area (Å²) < 4.78 is 5.62. The van der Waals surface area contributed by atoms with Gasteiger partial charge in [0.2, 0.25) is 0 Å². The number of ether oxygens (including phenoxy) is 1. The van der Waals surface area contributed by atoms with Crippen LogP contribution in [0.5, 0.6) is 5.75 Å². The van der Waals surface area contributed by atoms with Crippen LogP contribution in [-0.2, 0) is 0 Å². The Morgan fingerprint density at radius 1 is 1.39 bits per heavy atom. The van der Waals surface area contributed by atoms with E-state index in [1.54, 1.807) is 6.07 Å². The molecule has 3 aliphatic rings. The molecule has 1 aromatic rings. The molecule has 0 aliphatic carbocycles. The van der Waals surface area contributed by atoms with Crippen LogP contribution >= 0.6 is 0 Å². The van der Waals surface area contributed by atoms with E-state index in [2.05, 4.69) is 16.1 Å². The van der Waals surface area contributed by atoms with Crippen molar-refractivity contribution in [3.63, 3.8) is 0 Å². The van der Waals surface area contributed by atoms with Gasteiger partial charge in [-0.1, -0.05) is 5.92 Å². The Kier molecular flexibility index (Phi) is 3.59. The van der Waals surface area contributed by atoms with Gasteiger partial charge in [0.1, 0.15) is 12.4 Å². The van der Waals surface area contributed by atoms with Crippen molar-refractivity contribution in [2.75, 3.05) is 26.2 Å². The third kappa shape index (κ3) is 2.73. The Hall–Kier alpha value is -2.25. The van der Waals surface area contributed by atoms with Gasteiger partial charge < -0.3 is 15.0 Å². The van der Waals surface area contributed by atoms with Crippen LogP contribution in [0.2, 0.25) is 0 Å². The number of nitrogens with one attached hydrogen (secondary N) is 1. The SMILES string of the molecule is C#CC1=CCOc2cc(C(=O)N[C@@H]3C[C@H]4CCN(C4)C3)ccc21. The summed E-state index contributed by atoms with van der Waals surface area (Å²) in [6, 6.07) is 5.75. The minimum atomic E-state index is -0.0271. The van der Waals surface area contributed by atoms with Gasteiger partial charge in [-0.15, -0.1) is 6.42 Å². The van der Waals surface area contributed by atoms with Gasteiger partial charge in [0.15, 0.2) is 0 Å². The average Bonchev–Trinajstić information content (AvgIpc) is 2.92. The Morgan fingerprint density at radius 2 is 2.30 bits per heavy atom. The van der Waals surface area contributed by atoms with Crippen molar-refractivity contribution in [3.8, 4) is 18.1 Å². The van der Waals surface area contributed by atoms with Crippen LogP contribution in [-0.4, -0.2) is 43.1 Å². The molecule has 1 aromatic carbocycles. The minimum absolute atomic E-state index is 0.0271. The van der Waals surface area contributed by atoms with Crippen LogP contribution in [0.25, 0.3) is 5.57 Å². The molecule has 0 radical (unpaired) electrons. The second kappa shape index (κ2) is 5.75. The molecule has 2 saturated heterocycles. The first-order valence-electron chi connectivity index (χ1n) is 8.20. The third-order valence-electron chi connectivity index (χ3n) is 5.02. The van der Waals surface area contributed by atoms with Crippen molar-refractivity contribution in [2.45, 2.75) is 18.9 Å². The molecule has 0 aromatic heterocycles. The number of piperidine rings is 1. The van der Waals surface area contributed by atoms with Gasteiger partial charge in [-0.25, -0.2) is 0 Å². The molecule has 1 amide bonds. The van der Waals surface area contributed by atoms with Gasteiger partial charge >= 0.3 is 0 Å². The summed E-state index contributed by atoms with van der Waals surface area (Å²) >= 11 is 0. The van der Waals surface area contributed by atoms with Crippen molar-refractivity contribution in [3.05, 3.63) is 35.4 Å². The van der Waals surface area contributed by atoms with Crippen LogP contribution in [0, 0.1) is 18.3 Å². The van der Waals surface area contributed by atoms with E-state index in [4.69, 9.17) is 11.2 Å². The lowest BCUT2D eigenvalue weighted by molar-refractivity contribution is 0.0909. The highest BCUT2D eigenvalue weighted by atomic mass is 16.5. The molecule has 23 heavy (non-hydrogen) atoms. The number of benzene rings is 1. The summed E-state index contributed by atoms with van der Waals surface area (Å²) in [6.45, 7) is 3.79. The number of rotatable bonds is 2. The molecular formula is C19H20N2O2. The number of hydrogen-bond donors (Lipinski definition) is 1. The van der Waals surface area contributed by atoms with Gasteiger partial charge in [-0.05, 0) is 49.6 Å². The monoisotopic (exact) mass is 308 g/mol. The van der Waals surface area contributed by atoms with Crippen LogP contribution in [0.1, 0.15) is 28.8 Å². The molecular weight excluding hydrogens is 288 g/mol. The van der Waals surface area contributed by atoms with Crippen LogP contribution < -0.4 is 10.1 Å². The van der Waals surface area contributed by atoms with E-state index >= 15 is 0 Å². The number of allylic oxidation sites excluding steroid dienone is 1. The summed E-state index contributed by atoms with van der Waals surface area (Å²) in [4.78, 5) is 15.0. The Bertz CT molecular complexity index is 705. The summed E-state index contributed by atoms with van der Waals surface area (Å²) in [5, 5.41) is 3.18. The highest BCUT2D eigenvalue weighted by molar-refractivity contribution is 5.96. The molecule has 0 saturated carbocycles. The summed E-state index contributed by atoms with van der Waals surface area (Å²) in [7, 11) is 0. The van der Waals surface area contributed by atoms with E-state index < -0.39 is 0 Å². The molecule has 2 bridgehead atoms. The molecule has 4 heteroatoms. The molecule has 3 heterocycles. The van der Waals surface area contributed by atoms with E-state index in [0.29, 0.717) is 17.9 Å². The fourth-order valence-corrected chi connectivity index (χ4v) is 3.90. The zero-order valence-corrected chi connectivity index (χ0v) is 13.0. The third-order valence-corrected chi connectivity index (χ3v) is 5.02. The van der Waals surface area contributed by atoms with E-state index in [9.17, 15) is 4.79 Å². The molecule has 3 aliphatic heterocycles. The number of amides is 1. The fraction of sp³-hybridized carbons (Fsp3) is 0.421. The maximum Gasteiger partial charge on any atom is 0.251 e. The second-order valence-electron chi connectivity index (χ2n) is 6.60. The van der Waals surface area contributed by atoms with Crippen LogP contribution in [0.15, 0.2) is 24.3 Å². The van der Waals surface area contributed by atoms with Gasteiger partial charge in [0.25, 0.3) is 5.91 Å². The number of carbonyl (C=O) groups excluding carboxylic acids is 1. The van der Waals surface area contributed by atoms with E-state index in [0.717, 1.165) is 30.0 Å². The van der Waals surface area contributed by atoms with E-state index in [-0.39, 0.29) is 11.9 Å². The largest absolute Gasteiger partial charge is 0.489 e. The minimum Gasteiger partial charge on any atom is -0.489 e. The molecule has 118 valence electrons. The first-order chi connectivity index (χ1) is 11.2. The maximum atomic E-state index is 12.5. The quantitative estimate of drug-likeness (QED) is 0.849. The van der Waals surface area contributed by atoms with Crippen molar-refractivity contribution in [2.24, 2.45) is 5.92 Å². The second-order valence-corrected chi connectivity index (χ2v) is 6.60. The van der Waals surface area contributed by atoms with Crippen molar-refractivity contribution < 1.29 is 9.53 Å². The van der Waals surface area contributed by atoms with E-state index in [1.165, 1.54) is 19.5 Å². The first kappa shape index (κ1) is 14.3. The number of carbonyl (C=O) groups is 1. The van der Waals surface area contributed by atoms with Gasteiger partial charge in [-0.3, -0.25) is 4.79 Å². The highest BCUT2D eigenvalue weighted by Crippen LogP contribution is 2.31. The lowest BCUT2D eigenvalue weighted by atomic mass is 9.96. The Morgan fingerprint density at radius 3 is 3.13 bits per heavy atom. The number of fused-ring (bicyclic) bond motifs is 3. The summed E-state index contributed by atoms with van der Waals surface area (Å²) in [5.74, 6) is 4.07. The average molecular weight is 308 g/mol. The molecule has 1 N–H and O–H groups in total. The normalized spacial score (nSPS) is 28.1. The topological polar surface area (TPSA) is 41.6 Å². The lowest BCUT2D eigenvalue weighted by Crippen LogP contribution is -2.47. The van der Waals surface area contributed by atoms with Crippen molar-refractivity contribution in [1.29, 1.82) is 0 Å². The van der Waals surface area contributed by atoms with Crippen molar-refractivity contribution in [1.82, 2.24) is 10.2 Å². The Labute approximate surface area is 136 Å². The highest BCUT2D eigenvalue weighted by Gasteiger charge is 2.33. The van der Waals surface area contributed by atoms with Crippen molar-refractivity contribution >= 4 is 11.5 Å². The number of nitrogens with zero attached hydrogens (tertiary/aromatic N) is 1. The Balaban J connectivity index is 1.49. The standard InChI is InChI=1S/C19H20N2O2/c1-2-14-6-8-23-18-10-15(3-4-17(14)18)19(22)20-16-9-13-5-7-21(11-13)12-16/h1,3-4,6,10,13,16H,5,7-9,11-12H2,(H,20,22)/t13-,16-/m1/s1. The molecule has 2 fully saturated rings. The maximum absolute atomic E-state index is 12.5. The predicted molar refractivity (Wildman–Crippen MR) is 89.2 cm³/mol. The number of hydrogen-bond acceptors (Lipinski definition) is 3. The zero-order chi connectivity index (χ0) is 15.8. The molecule has 3 atom stereocenters. The van der Waals surface area contributed by atoms with Gasteiger partial charge in [0.05, 0.1) is 0 Å². The number of terminal acetylenes is 1. The molecule has 1 unspecified atom stereocenters. The van der Waals surface area contributed by atoms with Gasteiger partial charge in [-0.2, -0.15) is 0 Å². The van der Waals surface area contributed by atoms with Crippen LogP contribution in [0.4, 0.5) is 0 Å². The smallest absolute Gasteiger partial charge is 0.251 e. The van der Waals surface area contributed by atoms with Gasteiger partial charge in [0, 0.05) is 35.8 Å². The van der Waals surface area contributed by atoms with E-state index in [1.807, 2.05) is 18.2 Å². The summed E-state index contributed by atoms with van der Waals surface area (Å²) in [5.41, 5.74) is 2.35. The zero-order valence-electron chi connectivity index (χ0n) is 13.0. The predicted octanol–water partition coefficient (Wildman–Crippen LogP) is 1.92. The fourth-order valence-electron chi connectivity index (χ4n) is 3.90. The molecule has 4 nitrogen and oxygen atoms in total. The summed E-state index contributed by atoms with van der Waals surface area (Å²) in [6.07, 6.45) is 9.75. The molecule has 0 spiro atoms. The first-order valence-corrected chi connectivity index (χ1v) is 8.20.